The van der Waals surface area contributed by atoms with Gasteiger partial charge in [0.15, 0.2) is 0 Å². The average Bonchev–Trinajstić information content (AvgIpc) is 3.04. The molecule has 4 nitrogen and oxygen atoms in total. The summed E-state index contributed by atoms with van der Waals surface area (Å²) in [5.41, 5.74) is 3.88. The van der Waals surface area contributed by atoms with Gasteiger partial charge in [0, 0.05) is 30.5 Å². The van der Waals surface area contributed by atoms with E-state index in [1.54, 1.807) is 0 Å². The maximum atomic E-state index is 8.91. The maximum Gasteiger partial charge on any atom is 0.0987 e. The third-order valence-corrected chi connectivity index (χ3v) is 4.10. The van der Waals surface area contributed by atoms with Crippen molar-refractivity contribution in [1.29, 1.82) is 0 Å². The van der Waals surface area contributed by atoms with Crippen molar-refractivity contribution in [1.82, 2.24) is 15.1 Å². The van der Waals surface area contributed by atoms with Crippen molar-refractivity contribution in [2.45, 2.75) is 13.0 Å². The summed E-state index contributed by atoms with van der Waals surface area (Å²) in [4.78, 5) is 0. The molecule has 0 saturated heterocycles. The standard InChI is InChI=1S/C19H20ClN3O/c20-18-10-5-4-9-17(18)19-15(13-21-11-6-12-24)14-23(22-19)16-7-2-1-3-8-16/h1-5,7-10,14,21,24H,6,11-13H2. The van der Waals surface area contributed by atoms with Gasteiger partial charge in [0.2, 0.25) is 0 Å². The number of nitrogens with one attached hydrogen (secondary N) is 1. The predicted molar refractivity (Wildman–Crippen MR) is 97.4 cm³/mol. The van der Waals surface area contributed by atoms with Crippen LogP contribution in [-0.4, -0.2) is 28.0 Å². The molecule has 124 valence electrons. The second-order valence-corrected chi connectivity index (χ2v) is 5.92. The topological polar surface area (TPSA) is 50.1 Å². The maximum absolute atomic E-state index is 8.91. The van der Waals surface area contributed by atoms with E-state index in [9.17, 15) is 0 Å². The summed E-state index contributed by atoms with van der Waals surface area (Å²) in [5.74, 6) is 0. The zero-order valence-electron chi connectivity index (χ0n) is 13.3. The fraction of sp³-hybridized carbons (Fsp3) is 0.211. The summed E-state index contributed by atoms with van der Waals surface area (Å²) in [5, 5.41) is 17.7. The lowest BCUT2D eigenvalue weighted by atomic mass is 10.1. The highest BCUT2D eigenvalue weighted by molar-refractivity contribution is 6.33. The molecule has 24 heavy (non-hydrogen) atoms. The van der Waals surface area contributed by atoms with Crippen molar-refractivity contribution in [2.24, 2.45) is 0 Å². The van der Waals surface area contributed by atoms with Gasteiger partial charge < -0.3 is 10.4 Å². The minimum Gasteiger partial charge on any atom is -0.396 e. The summed E-state index contributed by atoms with van der Waals surface area (Å²) in [6.45, 7) is 1.62. The van der Waals surface area contributed by atoms with E-state index in [1.807, 2.05) is 65.5 Å². The van der Waals surface area contributed by atoms with Crippen LogP contribution in [0.2, 0.25) is 5.02 Å². The zero-order chi connectivity index (χ0) is 16.8. The molecule has 0 amide bonds. The second-order valence-electron chi connectivity index (χ2n) is 5.52. The van der Waals surface area contributed by atoms with Crippen molar-refractivity contribution < 1.29 is 5.11 Å². The van der Waals surface area contributed by atoms with Crippen molar-refractivity contribution in [2.75, 3.05) is 13.2 Å². The lowest BCUT2D eigenvalue weighted by molar-refractivity contribution is 0.286. The number of aromatic nitrogens is 2. The number of rotatable bonds is 7. The van der Waals surface area contributed by atoms with Gasteiger partial charge in [-0.15, -0.1) is 0 Å². The summed E-state index contributed by atoms with van der Waals surface area (Å²) < 4.78 is 1.88. The average molecular weight is 342 g/mol. The molecule has 1 aromatic heterocycles. The zero-order valence-corrected chi connectivity index (χ0v) is 14.1. The number of nitrogens with zero attached hydrogens (tertiary/aromatic N) is 2. The molecule has 3 rings (SSSR count). The van der Waals surface area contributed by atoms with Crippen LogP contribution in [0, 0.1) is 0 Å². The molecule has 5 heteroatoms. The number of halogens is 1. The van der Waals surface area contributed by atoms with E-state index in [4.69, 9.17) is 21.8 Å². The lowest BCUT2D eigenvalue weighted by Gasteiger charge is -2.05. The third-order valence-electron chi connectivity index (χ3n) is 3.77. The van der Waals surface area contributed by atoms with Crippen LogP contribution in [0.4, 0.5) is 0 Å². The minimum absolute atomic E-state index is 0.188. The lowest BCUT2D eigenvalue weighted by Crippen LogP contribution is -2.15. The third kappa shape index (κ3) is 3.85. The molecule has 0 bridgehead atoms. The molecule has 0 unspecified atom stereocenters. The van der Waals surface area contributed by atoms with Crippen molar-refractivity contribution in [3.05, 3.63) is 71.4 Å². The monoisotopic (exact) mass is 341 g/mol. The number of aliphatic hydroxyl groups excluding tert-OH is 1. The van der Waals surface area contributed by atoms with Crippen molar-refractivity contribution in [3.8, 4) is 16.9 Å². The van der Waals surface area contributed by atoms with Crippen LogP contribution in [0.1, 0.15) is 12.0 Å². The van der Waals surface area contributed by atoms with Gasteiger partial charge >= 0.3 is 0 Å². The molecule has 0 aliphatic carbocycles. The van der Waals surface area contributed by atoms with E-state index < -0.39 is 0 Å². The molecule has 0 radical (unpaired) electrons. The Morgan fingerprint density at radius 1 is 1.04 bits per heavy atom. The summed E-state index contributed by atoms with van der Waals surface area (Å²) >= 11 is 6.37. The summed E-state index contributed by atoms with van der Waals surface area (Å²) in [6.07, 6.45) is 2.76. The molecule has 0 aliphatic rings. The Morgan fingerprint density at radius 2 is 1.79 bits per heavy atom. The van der Waals surface area contributed by atoms with Crippen LogP contribution in [0.25, 0.3) is 16.9 Å². The molecular weight excluding hydrogens is 322 g/mol. The predicted octanol–water partition coefficient (Wildman–Crippen LogP) is 3.66. The van der Waals surface area contributed by atoms with Crippen molar-refractivity contribution >= 4 is 11.6 Å². The van der Waals surface area contributed by atoms with E-state index in [1.165, 1.54) is 0 Å². The van der Waals surface area contributed by atoms with Gasteiger partial charge in [-0.3, -0.25) is 0 Å². The van der Waals surface area contributed by atoms with E-state index in [-0.39, 0.29) is 6.61 Å². The Kier molecular flexibility index (Phi) is 5.64. The van der Waals surface area contributed by atoms with Gasteiger partial charge in [-0.05, 0) is 31.2 Å². The number of aliphatic hydroxyl groups is 1. The highest BCUT2D eigenvalue weighted by Crippen LogP contribution is 2.29. The van der Waals surface area contributed by atoms with Gasteiger partial charge in [0.05, 0.1) is 16.4 Å². The van der Waals surface area contributed by atoms with Crippen LogP contribution in [-0.2, 0) is 6.54 Å². The van der Waals surface area contributed by atoms with E-state index in [0.29, 0.717) is 11.6 Å². The fourth-order valence-corrected chi connectivity index (χ4v) is 2.78. The quantitative estimate of drug-likeness (QED) is 0.645. The Morgan fingerprint density at radius 3 is 2.54 bits per heavy atom. The van der Waals surface area contributed by atoms with Crippen LogP contribution in [0.5, 0.6) is 0 Å². The van der Waals surface area contributed by atoms with E-state index in [0.717, 1.165) is 35.5 Å². The highest BCUT2D eigenvalue weighted by atomic mass is 35.5. The molecular formula is C19H20ClN3O. The summed E-state index contributed by atoms with van der Waals surface area (Å²) in [6, 6.07) is 17.7. The molecule has 3 aromatic rings. The van der Waals surface area contributed by atoms with Gasteiger partial charge in [0.1, 0.15) is 0 Å². The SMILES string of the molecule is OCCCNCc1cn(-c2ccccc2)nc1-c1ccccc1Cl. The van der Waals surface area contributed by atoms with Crippen molar-refractivity contribution in [3.63, 3.8) is 0 Å². The van der Waals surface area contributed by atoms with Gasteiger partial charge in [0.25, 0.3) is 0 Å². The molecule has 1 heterocycles. The van der Waals surface area contributed by atoms with Crippen LogP contribution >= 0.6 is 11.6 Å². The second kappa shape index (κ2) is 8.11. The van der Waals surface area contributed by atoms with E-state index in [2.05, 4.69) is 5.32 Å². The van der Waals surface area contributed by atoms with E-state index >= 15 is 0 Å². The smallest absolute Gasteiger partial charge is 0.0987 e. The highest BCUT2D eigenvalue weighted by Gasteiger charge is 2.14. The molecule has 0 saturated carbocycles. The molecule has 2 aromatic carbocycles. The molecule has 0 aliphatic heterocycles. The Hall–Kier alpha value is -2.14. The Balaban J connectivity index is 1.95. The van der Waals surface area contributed by atoms with Crippen LogP contribution < -0.4 is 5.32 Å². The molecule has 2 N–H and O–H groups in total. The summed E-state index contributed by atoms with van der Waals surface area (Å²) in [7, 11) is 0. The number of hydrogen-bond acceptors (Lipinski definition) is 3. The minimum atomic E-state index is 0.188. The first-order valence-electron chi connectivity index (χ1n) is 8.00. The van der Waals surface area contributed by atoms with Gasteiger partial charge in [-0.2, -0.15) is 5.10 Å². The fourth-order valence-electron chi connectivity index (χ4n) is 2.56. The Labute approximate surface area is 146 Å². The number of hydrogen-bond donors (Lipinski definition) is 2. The normalized spacial score (nSPS) is 10.9. The first kappa shape index (κ1) is 16.7. The van der Waals surface area contributed by atoms with Gasteiger partial charge in [-0.1, -0.05) is 48.0 Å². The number of benzene rings is 2. The Bertz CT molecular complexity index is 786. The molecule has 0 spiro atoms. The van der Waals surface area contributed by atoms with Crippen LogP contribution in [0.3, 0.4) is 0 Å². The first-order valence-corrected chi connectivity index (χ1v) is 8.38. The molecule has 0 atom stereocenters. The van der Waals surface area contributed by atoms with Gasteiger partial charge in [-0.25, -0.2) is 4.68 Å². The largest absolute Gasteiger partial charge is 0.396 e. The van der Waals surface area contributed by atoms with Crippen LogP contribution in [0.15, 0.2) is 60.8 Å². The number of para-hydroxylation sites is 1. The molecule has 0 fully saturated rings. The first-order chi connectivity index (χ1) is 11.8.